The van der Waals surface area contributed by atoms with E-state index in [1.54, 1.807) is 6.20 Å². The molecule has 1 aliphatic rings. The second-order valence-electron chi connectivity index (χ2n) is 5.02. The van der Waals surface area contributed by atoms with E-state index < -0.39 is 17.9 Å². The SMILES string of the molecule is CC(=O)NC(Cn1ncc(N2CCCC2)cc1=O)C(=O)O. The summed E-state index contributed by atoms with van der Waals surface area (Å²) < 4.78 is 1.05. The molecule has 8 heteroatoms. The molecule has 0 aliphatic carbocycles. The van der Waals surface area contributed by atoms with E-state index in [0.29, 0.717) is 0 Å². The average molecular weight is 294 g/mol. The maximum atomic E-state index is 12.0. The summed E-state index contributed by atoms with van der Waals surface area (Å²) in [6.45, 7) is 2.82. The molecule has 1 amide bonds. The smallest absolute Gasteiger partial charge is 0.328 e. The van der Waals surface area contributed by atoms with Gasteiger partial charge in [-0.2, -0.15) is 5.10 Å². The lowest BCUT2D eigenvalue weighted by molar-refractivity contribution is -0.142. The van der Waals surface area contributed by atoms with E-state index in [2.05, 4.69) is 15.3 Å². The Labute approximate surface area is 121 Å². The molecule has 0 bridgehead atoms. The molecular weight excluding hydrogens is 276 g/mol. The van der Waals surface area contributed by atoms with Gasteiger partial charge in [-0.3, -0.25) is 9.59 Å². The van der Waals surface area contributed by atoms with Gasteiger partial charge in [-0.15, -0.1) is 0 Å². The van der Waals surface area contributed by atoms with Gasteiger partial charge in [0.15, 0.2) is 0 Å². The number of rotatable bonds is 5. The number of anilines is 1. The van der Waals surface area contributed by atoms with Crippen LogP contribution in [0.2, 0.25) is 0 Å². The van der Waals surface area contributed by atoms with Crippen molar-refractivity contribution in [3.8, 4) is 0 Å². The molecule has 114 valence electrons. The minimum Gasteiger partial charge on any atom is -0.480 e. The third-order valence-corrected chi connectivity index (χ3v) is 3.36. The van der Waals surface area contributed by atoms with Crippen molar-refractivity contribution in [3.63, 3.8) is 0 Å². The van der Waals surface area contributed by atoms with Crippen molar-refractivity contribution < 1.29 is 14.7 Å². The standard InChI is InChI=1S/C13H18N4O4/c1-9(18)15-11(13(20)21)8-17-12(19)6-10(7-14-17)16-4-2-3-5-16/h6-7,11H,2-5,8H2,1H3,(H,15,18)(H,20,21). The zero-order chi connectivity index (χ0) is 15.4. The maximum Gasteiger partial charge on any atom is 0.328 e. The number of nitrogens with zero attached hydrogens (tertiary/aromatic N) is 3. The van der Waals surface area contributed by atoms with Crippen LogP contribution < -0.4 is 15.8 Å². The summed E-state index contributed by atoms with van der Waals surface area (Å²) in [6, 6.07) is 0.274. The van der Waals surface area contributed by atoms with Crippen molar-refractivity contribution in [3.05, 3.63) is 22.6 Å². The largest absolute Gasteiger partial charge is 0.480 e. The zero-order valence-electron chi connectivity index (χ0n) is 11.8. The van der Waals surface area contributed by atoms with Gasteiger partial charge in [0.2, 0.25) is 5.91 Å². The predicted molar refractivity (Wildman–Crippen MR) is 75.2 cm³/mol. The third-order valence-electron chi connectivity index (χ3n) is 3.36. The van der Waals surface area contributed by atoms with E-state index >= 15 is 0 Å². The van der Waals surface area contributed by atoms with E-state index in [1.165, 1.54) is 13.0 Å². The number of aliphatic carboxylic acids is 1. The summed E-state index contributed by atoms with van der Waals surface area (Å²) >= 11 is 0. The second kappa shape index (κ2) is 6.38. The van der Waals surface area contributed by atoms with Crippen LogP contribution in [0.3, 0.4) is 0 Å². The van der Waals surface area contributed by atoms with Gasteiger partial charge in [0, 0.05) is 26.1 Å². The van der Waals surface area contributed by atoms with Crippen molar-refractivity contribution in [2.75, 3.05) is 18.0 Å². The molecule has 0 saturated carbocycles. The van der Waals surface area contributed by atoms with Crippen LogP contribution in [0.15, 0.2) is 17.1 Å². The maximum absolute atomic E-state index is 12.0. The van der Waals surface area contributed by atoms with Crippen LogP contribution in [0, 0.1) is 0 Å². The lowest BCUT2D eigenvalue weighted by Crippen LogP contribution is -2.45. The highest BCUT2D eigenvalue weighted by atomic mass is 16.4. The van der Waals surface area contributed by atoms with Crippen LogP contribution in [0.25, 0.3) is 0 Å². The summed E-state index contributed by atoms with van der Waals surface area (Å²) in [5, 5.41) is 15.3. The Morgan fingerprint density at radius 2 is 2.10 bits per heavy atom. The number of carboxylic acid groups (broad SMARTS) is 1. The molecule has 0 radical (unpaired) electrons. The van der Waals surface area contributed by atoms with Crippen molar-refractivity contribution in [1.29, 1.82) is 0 Å². The van der Waals surface area contributed by atoms with Crippen LogP contribution in [-0.2, 0) is 16.1 Å². The minimum atomic E-state index is -1.21. The van der Waals surface area contributed by atoms with E-state index in [1.807, 2.05) is 0 Å². The Morgan fingerprint density at radius 1 is 1.43 bits per heavy atom. The first kappa shape index (κ1) is 15.0. The molecule has 0 aromatic carbocycles. The monoisotopic (exact) mass is 294 g/mol. The van der Waals surface area contributed by atoms with E-state index in [0.717, 1.165) is 36.3 Å². The number of amides is 1. The molecule has 1 aromatic heterocycles. The Bertz CT molecular complexity index is 592. The van der Waals surface area contributed by atoms with E-state index in [4.69, 9.17) is 5.11 Å². The summed E-state index contributed by atoms with van der Waals surface area (Å²) in [7, 11) is 0. The number of hydrogen-bond donors (Lipinski definition) is 2. The number of carboxylic acids is 1. The van der Waals surface area contributed by atoms with Gasteiger partial charge >= 0.3 is 5.97 Å². The number of carbonyl (C=O) groups excluding carboxylic acids is 1. The molecule has 21 heavy (non-hydrogen) atoms. The molecule has 1 saturated heterocycles. The minimum absolute atomic E-state index is 0.200. The summed E-state index contributed by atoms with van der Waals surface area (Å²) in [5.41, 5.74) is 0.371. The fraction of sp³-hybridized carbons (Fsp3) is 0.538. The molecule has 1 aromatic rings. The number of aromatic nitrogens is 2. The molecule has 2 rings (SSSR count). The van der Waals surface area contributed by atoms with Gasteiger partial charge in [-0.05, 0) is 12.8 Å². The van der Waals surface area contributed by atoms with Crippen molar-refractivity contribution >= 4 is 17.6 Å². The van der Waals surface area contributed by atoms with Crippen molar-refractivity contribution in [2.45, 2.75) is 32.4 Å². The van der Waals surface area contributed by atoms with Gasteiger partial charge in [0.1, 0.15) is 6.04 Å². The lowest BCUT2D eigenvalue weighted by Gasteiger charge is -2.18. The highest BCUT2D eigenvalue weighted by Crippen LogP contribution is 2.16. The van der Waals surface area contributed by atoms with E-state index in [-0.39, 0.29) is 12.1 Å². The molecule has 2 N–H and O–H groups in total. The molecule has 1 atom stereocenters. The summed E-state index contributed by atoms with van der Waals surface area (Å²) in [5.74, 6) is -1.67. The van der Waals surface area contributed by atoms with Crippen LogP contribution in [0.1, 0.15) is 19.8 Å². The third kappa shape index (κ3) is 3.80. The first-order chi connectivity index (χ1) is 9.97. The number of carbonyl (C=O) groups is 2. The highest BCUT2D eigenvalue weighted by Gasteiger charge is 2.20. The normalized spacial score (nSPS) is 15.8. The number of hydrogen-bond acceptors (Lipinski definition) is 5. The van der Waals surface area contributed by atoms with Gasteiger partial charge in [0.25, 0.3) is 5.56 Å². The Kier molecular flexibility index (Phi) is 4.56. The highest BCUT2D eigenvalue weighted by molar-refractivity contribution is 5.81. The molecule has 8 nitrogen and oxygen atoms in total. The van der Waals surface area contributed by atoms with Crippen LogP contribution in [-0.4, -0.2) is 45.9 Å². The lowest BCUT2D eigenvalue weighted by atomic mass is 10.3. The van der Waals surface area contributed by atoms with Crippen LogP contribution in [0.5, 0.6) is 0 Å². The van der Waals surface area contributed by atoms with Gasteiger partial charge in [0.05, 0.1) is 18.4 Å². The van der Waals surface area contributed by atoms with Crippen molar-refractivity contribution in [1.82, 2.24) is 15.1 Å². The molecule has 1 aliphatic heterocycles. The first-order valence-electron chi connectivity index (χ1n) is 6.79. The fourth-order valence-electron chi connectivity index (χ4n) is 2.31. The van der Waals surface area contributed by atoms with Crippen LogP contribution in [0.4, 0.5) is 5.69 Å². The zero-order valence-corrected chi connectivity index (χ0v) is 11.8. The van der Waals surface area contributed by atoms with Gasteiger partial charge in [-0.1, -0.05) is 0 Å². The number of nitrogens with one attached hydrogen (secondary N) is 1. The molecule has 0 spiro atoms. The first-order valence-corrected chi connectivity index (χ1v) is 6.79. The molecule has 1 unspecified atom stereocenters. The Morgan fingerprint density at radius 3 is 2.62 bits per heavy atom. The second-order valence-corrected chi connectivity index (χ2v) is 5.02. The van der Waals surface area contributed by atoms with Crippen LogP contribution >= 0.6 is 0 Å². The summed E-state index contributed by atoms with van der Waals surface area (Å²) in [6.07, 6.45) is 3.73. The van der Waals surface area contributed by atoms with E-state index in [9.17, 15) is 14.4 Å². The summed E-state index contributed by atoms with van der Waals surface area (Å²) in [4.78, 5) is 36.1. The fourth-order valence-corrected chi connectivity index (χ4v) is 2.31. The topological polar surface area (TPSA) is 105 Å². The van der Waals surface area contributed by atoms with Gasteiger partial charge in [-0.25, -0.2) is 9.48 Å². The molecular formula is C13H18N4O4. The Hall–Kier alpha value is -2.38. The van der Waals surface area contributed by atoms with Gasteiger partial charge < -0.3 is 15.3 Å². The quantitative estimate of drug-likeness (QED) is 0.754. The average Bonchev–Trinajstić information content (AvgIpc) is 2.93. The predicted octanol–water partition coefficient (Wildman–Crippen LogP) is -0.567. The Balaban J connectivity index is 2.14. The van der Waals surface area contributed by atoms with Crippen molar-refractivity contribution in [2.24, 2.45) is 0 Å². The molecule has 2 heterocycles. The molecule has 1 fully saturated rings.